The highest BCUT2D eigenvalue weighted by Crippen LogP contribution is 2.45. The van der Waals surface area contributed by atoms with Gasteiger partial charge in [-0.2, -0.15) is 0 Å². The first-order valence-corrected chi connectivity index (χ1v) is 7.47. The van der Waals surface area contributed by atoms with Crippen molar-refractivity contribution in [1.82, 2.24) is 0 Å². The van der Waals surface area contributed by atoms with Gasteiger partial charge in [0.1, 0.15) is 11.4 Å². The Morgan fingerprint density at radius 1 is 1.20 bits per heavy atom. The molecule has 0 unspecified atom stereocenters. The number of carbonyl (C=O) groups excluding carboxylic acids is 2. The maximum absolute atomic E-state index is 12.7. The summed E-state index contributed by atoms with van der Waals surface area (Å²) in [4.78, 5) is 24.8. The van der Waals surface area contributed by atoms with Crippen LogP contribution in [0.2, 0.25) is 0 Å². The Morgan fingerprint density at radius 2 is 1.70 bits per heavy atom. The van der Waals surface area contributed by atoms with Crippen molar-refractivity contribution in [3.8, 4) is 0 Å². The topological polar surface area (TPSA) is 43.4 Å². The van der Waals surface area contributed by atoms with E-state index in [-0.39, 0.29) is 17.7 Å². The van der Waals surface area contributed by atoms with E-state index in [0.717, 1.165) is 6.42 Å². The van der Waals surface area contributed by atoms with Gasteiger partial charge in [0.15, 0.2) is 0 Å². The Kier molecular flexibility index (Phi) is 5.17. The van der Waals surface area contributed by atoms with Gasteiger partial charge >= 0.3 is 5.97 Å². The second-order valence-corrected chi connectivity index (χ2v) is 7.33. The molecule has 1 aliphatic rings. The molecule has 3 nitrogen and oxygen atoms in total. The molecule has 1 atom stereocenters. The molecule has 0 saturated carbocycles. The number of rotatable bonds is 5. The van der Waals surface area contributed by atoms with Crippen LogP contribution in [-0.4, -0.2) is 17.4 Å². The summed E-state index contributed by atoms with van der Waals surface area (Å²) in [5.41, 5.74) is -1.21. The van der Waals surface area contributed by atoms with Gasteiger partial charge < -0.3 is 4.74 Å². The van der Waals surface area contributed by atoms with Crippen molar-refractivity contribution in [3.63, 3.8) is 0 Å². The van der Waals surface area contributed by atoms with E-state index >= 15 is 0 Å². The molecule has 0 N–H and O–H groups in total. The standard InChI is InChI=1S/C17H28O3/c1-12(2)11-14(13(3)18)17(9-7-8-10-17)15(19)20-16(4,5)6/h7-8,12,14H,9-11H2,1-6H3/t14-/m0/s1. The average Bonchev–Trinajstić information content (AvgIpc) is 2.72. The zero-order valence-corrected chi connectivity index (χ0v) is 13.7. The highest BCUT2D eigenvalue weighted by Gasteiger charge is 2.50. The van der Waals surface area contributed by atoms with Crippen LogP contribution in [-0.2, 0) is 14.3 Å². The normalized spacial score (nSPS) is 19.1. The Balaban J connectivity index is 3.06. The van der Waals surface area contributed by atoms with Crippen molar-refractivity contribution in [2.45, 2.75) is 66.4 Å². The van der Waals surface area contributed by atoms with Gasteiger partial charge in [0, 0.05) is 5.92 Å². The molecular formula is C17H28O3. The van der Waals surface area contributed by atoms with Crippen molar-refractivity contribution < 1.29 is 14.3 Å². The lowest BCUT2D eigenvalue weighted by atomic mass is 9.68. The monoisotopic (exact) mass is 280 g/mol. The van der Waals surface area contributed by atoms with Crippen LogP contribution < -0.4 is 0 Å². The first-order valence-electron chi connectivity index (χ1n) is 7.47. The van der Waals surface area contributed by atoms with Crippen LogP contribution in [0.3, 0.4) is 0 Å². The van der Waals surface area contributed by atoms with E-state index in [1.54, 1.807) is 6.92 Å². The molecule has 0 bridgehead atoms. The van der Waals surface area contributed by atoms with Gasteiger partial charge in [0.25, 0.3) is 0 Å². The number of Topliss-reactive ketones (excluding diaryl/α,β-unsaturated/α-hetero) is 1. The fourth-order valence-corrected chi connectivity index (χ4v) is 2.90. The van der Waals surface area contributed by atoms with Crippen molar-refractivity contribution in [1.29, 1.82) is 0 Å². The van der Waals surface area contributed by atoms with E-state index in [2.05, 4.69) is 13.8 Å². The van der Waals surface area contributed by atoms with Crippen LogP contribution in [0.25, 0.3) is 0 Å². The van der Waals surface area contributed by atoms with Gasteiger partial charge in [-0.15, -0.1) is 0 Å². The minimum atomic E-state index is -0.691. The van der Waals surface area contributed by atoms with E-state index in [1.807, 2.05) is 32.9 Å². The molecule has 0 radical (unpaired) electrons. The van der Waals surface area contributed by atoms with Crippen molar-refractivity contribution in [2.24, 2.45) is 17.3 Å². The average molecular weight is 280 g/mol. The minimum Gasteiger partial charge on any atom is -0.460 e. The SMILES string of the molecule is CC(=O)[C@H](CC(C)C)C1(C(=O)OC(C)(C)C)CC=CC1. The maximum Gasteiger partial charge on any atom is 0.313 e. The predicted molar refractivity (Wildman–Crippen MR) is 80.3 cm³/mol. The molecule has 20 heavy (non-hydrogen) atoms. The predicted octanol–water partition coefficient (Wildman–Crippen LogP) is 3.92. The second kappa shape index (κ2) is 6.11. The number of ether oxygens (including phenoxy) is 1. The summed E-state index contributed by atoms with van der Waals surface area (Å²) in [5.74, 6) is -0.0136. The summed E-state index contributed by atoms with van der Waals surface area (Å²) in [6, 6.07) is 0. The number of carbonyl (C=O) groups is 2. The number of esters is 1. The van der Waals surface area contributed by atoms with Gasteiger partial charge in [0.2, 0.25) is 0 Å². The van der Waals surface area contributed by atoms with Crippen LogP contribution in [0.15, 0.2) is 12.2 Å². The van der Waals surface area contributed by atoms with Crippen molar-refractivity contribution >= 4 is 11.8 Å². The van der Waals surface area contributed by atoms with Gasteiger partial charge in [-0.1, -0.05) is 26.0 Å². The third-order valence-electron chi connectivity index (χ3n) is 3.80. The molecule has 3 heteroatoms. The number of hydrogen-bond acceptors (Lipinski definition) is 3. The molecule has 1 rings (SSSR count). The second-order valence-electron chi connectivity index (χ2n) is 7.33. The highest BCUT2D eigenvalue weighted by atomic mass is 16.6. The van der Waals surface area contributed by atoms with Gasteiger partial charge in [-0.05, 0) is 52.9 Å². The zero-order chi connectivity index (χ0) is 15.6. The summed E-state index contributed by atoms with van der Waals surface area (Å²) < 4.78 is 5.61. The zero-order valence-electron chi connectivity index (χ0n) is 13.7. The lowest BCUT2D eigenvalue weighted by Crippen LogP contribution is -2.44. The molecule has 0 spiro atoms. The lowest BCUT2D eigenvalue weighted by molar-refractivity contribution is -0.173. The summed E-state index contributed by atoms with van der Waals surface area (Å²) in [5, 5.41) is 0. The molecule has 0 fully saturated rings. The van der Waals surface area contributed by atoms with Crippen LogP contribution in [0, 0.1) is 17.3 Å². The molecule has 0 aromatic heterocycles. The summed E-state index contributed by atoms with van der Waals surface area (Å²) in [6.45, 7) is 11.4. The van der Waals surface area contributed by atoms with Crippen LogP contribution >= 0.6 is 0 Å². The molecule has 0 aromatic carbocycles. The Morgan fingerprint density at radius 3 is 2.05 bits per heavy atom. The van der Waals surface area contributed by atoms with E-state index in [0.29, 0.717) is 18.8 Å². The molecule has 0 saturated heterocycles. The quantitative estimate of drug-likeness (QED) is 0.566. The van der Waals surface area contributed by atoms with E-state index in [4.69, 9.17) is 4.74 Å². The largest absolute Gasteiger partial charge is 0.460 e. The number of hydrogen-bond donors (Lipinski definition) is 0. The highest BCUT2D eigenvalue weighted by molar-refractivity contribution is 5.88. The molecule has 1 aliphatic carbocycles. The minimum absolute atomic E-state index is 0.0910. The molecule has 114 valence electrons. The Bertz CT molecular complexity index is 391. The molecule has 0 aliphatic heterocycles. The van der Waals surface area contributed by atoms with Crippen molar-refractivity contribution in [2.75, 3.05) is 0 Å². The Hall–Kier alpha value is -1.12. The number of ketones is 1. The third-order valence-corrected chi connectivity index (χ3v) is 3.80. The maximum atomic E-state index is 12.7. The smallest absolute Gasteiger partial charge is 0.313 e. The van der Waals surface area contributed by atoms with Crippen LogP contribution in [0.4, 0.5) is 0 Å². The fourth-order valence-electron chi connectivity index (χ4n) is 2.90. The number of allylic oxidation sites excluding steroid dienone is 2. The first-order chi connectivity index (χ1) is 9.08. The summed E-state index contributed by atoms with van der Waals surface area (Å²) >= 11 is 0. The van der Waals surface area contributed by atoms with E-state index in [9.17, 15) is 9.59 Å². The van der Waals surface area contributed by atoms with Crippen LogP contribution in [0.5, 0.6) is 0 Å². The summed E-state index contributed by atoms with van der Waals surface area (Å²) in [7, 11) is 0. The summed E-state index contributed by atoms with van der Waals surface area (Å²) in [6.07, 6.45) is 5.95. The van der Waals surface area contributed by atoms with Gasteiger partial charge in [-0.25, -0.2) is 0 Å². The van der Waals surface area contributed by atoms with Crippen molar-refractivity contribution in [3.05, 3.63) is 12.2 Å². The fraction of sp³-hybridized carbons (Fsp3) is 0.765. The molecule has 0 heterocycles. The van der Waals surface area contributed by atoms with Gasteiger partial charge in [0.05, 0.1) is 5.41 Å². The first kappa shape index (κ1) is 16.9. The third kappa shape index (κ3) is 3.94. The van der Waals surface area contributed by atoms with E-state index < -0.39 is 11.0 Å². The molecular weight excluding hydrogens is 252 g/mol. The lowest BCUT2D eigenvalue weighted by Gasteiger charge is -2.37. The van der Waals surface area contributed by atoms with E-state index in [1.165, 1.54) is 0 Å². The molecule has 0 amide bonds. The van der Waals surface area contributed by atoms with Gasteiger partial charge in [-0.3, -0.25) is 9.59 Å². The van der Waals surface area contributed by atoms with Crippen LogP contribution in [0.1, 0.15) is 60.8 Å². The Labute approximate surface area is 122 Å². The molecule has 0 aromatic rings.